The molecule has 0 bridgehead atoms. The molecule has 7 rings (SSSR count). The highest BCUT2D eigenvalue weighted by Gasteiger charge is 2.33. The molecule has 3 heteroatoms. The van der Waals surface area contributed by atoms with E-state index in [-0.39, 0.29) is 17.0 Å². The van der Waals surface area contributed by atoms with Crippen LogP contribution in [-0.2, 0) is 0 Å². The van der Waals surface area contributed by atoms with Crippen molar-refractivity contribution < 1.29 is 9.59 Å². The zero-order chi connectivity index (χ0) is 23.0. The Morgan fingerprint density at radius 2 is 0.559 bits per heavy atom. The molecule has 0 heterocycles. The van der Waals surface area contributed by atoms with Gasteiger partial charge in [0.1, 0.15) is 0 Å². The molecular weight excluding hydrogens is 420 g/mol. The van der Waals surface area contributed by atoms with Crippen LogP contribution in [0.1, 0.15) is 54.1 Å². The summed E-state index contributed by atoms with van der Waals surface area (Å²) in [6.07, 6.45) is 0. The van der Waals surface area contributed by atoms with Gasteiger partial charge in [-0.05, 0) is 22.3 Å². The van der Waals surface area contributed by atoms with Crippen LogP contribution in [0.5, 0.6) is 0 Å². The van der Waals surface area contributed by atoms with E-state index in [2.05, 4.69) is 0 Å². The van der Waals surface area contributed by atoms with Gasteiger partial charge < -0.3 is 0 Å². The lowest BCUT2D eigenvalue weighted by Crippen LogP contribution is -2.22. The number of hydrogen-bond acceptors (Lipinski definition) is 3. The Labute approximate surface area is 194 Å². The molecule has 0 spiro atoms. The first-order chi connectivity index (χ1) is 16.7. The number of carbonyl (C=O) groups is 2. The van der Waals surface area contributed by atoms with Crippen molar-refractivity contribution in [3.63, 3.8) is 0 Å². The maximum Gasteiger partial charge on any atom is 0.195 e. The summed E-state index contributed by atoms with van der Waals surface area (Å²) in [7, 11) is 0. The fourth-order valence-electron chi connectivity index (χ4n) is 5.36. The number of fused-ring (bicyclic) bond motifs is 4. The SMILES string of the molecule is O=C1c2ccccc2C(=c2c(=O)c2=C2c3ccccc3C(=O)c3ccccc32)c2ccccc21. The van der Waals surface area contributed by atoms with Crippen molar-refractivity contribution in [3.8, 4) is 0 Å². The first-order valence-corrected chi connectivity index (χ1v) is 11.2. The van der Waals surface area contributed by atoms with Gasteiger partial charge in [0.2, 0.25) is 0 Å². The van der Waals surface area contributed by atoms with Gasteiger partial charge in [0.15, 0.2) is 17.0 Å². The largest absolute Gasteiger partial charge is 0.289 e. The Bertz CT molecular complexity index is 1620. The number of ketones is 2. The lowest BCUT2D eigenvalue weighted by Gasteiger charge is -2.21. The molecule has 158 valence electrons. The third-order valence-electron chi connectivity index (χ3n) is 6.91. The first-order valence-electron chi connectivity index (χ1n) is 11.2. The maximum atomic E-state index is 13.5. The van der Waals surface area contributed by atoms with Crippen LogP contribution in [0.25, 0.3) is 11.1 Å². The molecule has 0 N–H and O–H groups in total. The van der Waals surface area contributed by atoms with Crippen molar-refractivity contribution >= 4 is 22.7 Å². The molecule has 34 heavy (non-hydrogen) atoms. The molecule has 0 saturated heterocycles. The fraction of sp³-hybridized carbons (Fsp3) is 0. The van der Waals surface area contributed by atoms with Crippen LogP contribution >= 0.6 is 0 Å². The average molecular weight is 436 g/mol. The van der Waals surface area contributed by atoms with Crippen LogP contribution in [0, 0.1) is 0 Å². The normalized spacial score (nSPS) is 14.0. The topological polar surface area (TPSA) is 51.2 Å². The molecule has 2 aliphatic carbocycles. The van der Waals surface area contributed by atoms with E-state index in [4.69, 9.17) is 0 Å². The van der Waals surface area contributed by atoms with E-state index < -0.39 is 0 Å². The lowest BCUT2D eigenvalue weighted by molar-refractivity contribution is 0.102. The summed E-state index contributed by atoms with van der Waals surface area (Å²) in [5.41, 5.74) is 7.08. The number of rotatable bonds is 0. The van der Waals surface area contributed by atoms with E-state index in [0.717, 1.165) is 33.4 Å². The van der Waals surface area contributed by atoms with Crippen molar-refractivity contribution in [2.45, 2.75) is 0 Å². The Balaban J connectivity index is 1.68. The minimum atomic E-state index is -0.0390. The fourth-order valence-corrected chi connectivity index (χ4v) is 5.36. The lowest BCUT2D eigenvalue weighted by atomic mass is 9.80. The van der Waals surface area contributed by atoms with Gasteiger partial charge in [0, 0.05) is 43.8 Å². The summed E-state index contributed by atoms with van der Waals surface area (Å²) >= 11 is 0. The van der Waals surface area contributed by atoms with Crippen LogP contribution < -0.4 is 15.9 Å². The van der Waals surface area contributed by atoms with Gasteiger partial charge in [0.25, 0.3) is 0 Å². The van der Waals surface area contributed by atoms with E-state index in [1.807, 2.05) is 97.1 Å². The van der Waals surface area contributed by atoms with Crippen LogP contribution in [0.3, 0.4) is 0 Å². The van der Waals surface area contributed by atoms with Gasteiger partial charge in [-0.3, -0.25) is 14.4 Å². The Hall–Kier alpha value is -4.63. The van der Waals surface area contributed by atoms with Gasteiger partial charge in [0.05, 0.1) is 0 Å². The minimum absolute atomic E-state index is 0.0307. The second-order valence-corrected chi connectivity index (χ2v) is 8.67. The molecule has 0 radical (unpaired) electrons. The molecule has 3 nitrogen and oxygen atoms in total. The van der Waals surface area contributed by atoms with Crippen molar-refractivity contribution in [2.24, 2.45) is 0 Å². The van der Waals surface area contributed by atoms with Crippen molar-refractivity contribution in [1.29, 1.82) is 0 Å². The molecule has 0 saturated carbocycles. The highest BCUT2D eigenvalue weighted by Crippen LogP contribution is 2.36. The van der Waals surface area contributed by atoms with Gasteiger partial charge in [-0.25, -0.2) is 0 Å². The second kappa shape index (κ2) is 6.69. The van der Waals surface area contributed by atoms with E-state index in [1.165, 1.54) is 0 Å². The highest BCUT2D eigenvalue weighted by molar-refractivity contribution is 6.20. The molecule has 2 aliphatic rings. The zero-order valence-electron chi connectivity index (χ0n) is 18.0. The van der Waals surface area contributed by atoms with Crippen molar-refractivity contribution in [3.05, 3.63) is 162 Å². The smallest absolute Gasteiger partial charge is 0.195 e. The molecule has 0 aliphatic heterocycles. The Morgan fingerprint density at radius 3 is 0.824 bits per heavy atom. The monoisotopic (exact) mass is 436 g/mol. The van der Waals surface area contributed by atoms with E-state index in [9.17, 15) is 14.4 Å². The second-order valence-electron chi connectivity index (χ2n) is 8.67. The predicted octanol–water partition coefficient (Wildman–Crippen LogP) is 3.51. The summed E-state index contributed by atoms with van der Waals surface area (Å²) in [4.78, 5) is 39.9. The minimum Gasteiger partial charge on any atom is -0.289 e. The van der Waals surface area contributed by atoms with E-state index >= 15 is 0 Å². The quantitative estimate of drug-likeness (QED) is 0.366. The van der Waals surface area contributed by atoms with E-state index in [1.54, 1.807) is 0 Å². The molecular formula is C31H16O3. The summed E-state index contributed by atoms with van der Waals surface area (Å²) < 4.78 is 0. The molecule has 5 aromatic carbocycles. The third-order valence-corrected chi connectivity index (χ3v) is 6.91. The van der Waals surface area contributed by atoms with Crippen LogP contribution in [-0.4, -0.2) is 11.6 Å². The molecule has 5 aromatic rings. The maximum absolute atomic E-state index is 13.5. The Morgan fingerprint density at radius 1 is 0.324 bits per heavy atom. The number of hydrogen-bond donors (Lipinski definition) is 0. The van der Waals surface area contributed by atoms with Crippen molar-refractivity contribution in [2.75, 3.05) is 0 Å². The van der Waals surface area contributed by atoms with Crippen LogP contribution in [0.4, 0.5) is 0 Å². The number of benzene rings is 4. The molecule has 0 amide bonds. The number of carbonyl (C=O) groups excluding carboxylic acids is 2. The standard InChI is InChI=1S/C31H16O3/c32-29-21-13-5-1-9-17(21)25(18-10-2-6-14-22(18)29)27-28(31(27)34)26-19-11-3-7-15-23(19)30(33)24-16-8-4-12-20(24)26/h1-16H. The Kier molecular flexibility index (Phi) is 3.72. The van der Waals surface area contributed by atoms with Gasteiger partial charge in [-0.2, -0.15) is 0 Å². The average Bonchev–Trinajstić information content (AvgIpc) is 3.54. The van der Waals surface area contributed by atoms with E-state index in [0.29, 0.717) is 32.7 Å². The molecule has 0 aromatic heterocycles. The first kappa shape index (κ1) is 18.9. The molecule has 0 fully saturated rings. The summed E-state index contributed by atoms with van der Waals surface area (Å²) in [6.45, 7) is 0. The highest BCUT2D eigenvalue weighted by atomic mass is 16.1. The zero-order valence-corrected chi connectivity index (χ0v) is 18.0. The van der Waals surface area contributed by atoms with Gasteiger partial charge in [-0.1, -0.05) is 97.1 Å². The predicted molar refractivity (Wildman–Crippen MR) is 130 cm³/mol. The van der Waals surface area contributed by atoms with Crippen LogP contribution in [0.2, 0.25) is 0 Å². The summed E-state index contributed by atoms with van der Waals surface area (Å²) in [6, 6.07) is 29.9. The van der Waals surface area contributed by atoms with Crippen molar-refractivity contribution in [1.82, 2.24) is 0 Å². The summed E-state index contributed by atoms with van der Waals surface area (Å²) in [5, 5.41) is 1.25. The molecule has 0 unspecified atom stereocenters. The third kappa shape index (κ3) is 2.38. The van der Waals surface area contributed by atoms with Gasteiger partial charge >= 0.3 is 0 Å². The van der Waals surface area contributed by atoms with Gasteiger partial charge in [-0.15, -0.1) is 0 Å². The summed E-state index contributed by atoms with van der Waals surface area (Å²) in [5.74, 6) is -0.0615. The molecule has 0 atom stereocenters. The van der Waals surface area contributed by atoms with Crippen LogP contribution in [0.15, 0.2) is 102 Å².